The van der Waals surface area contributed by atoms with Gasteiger partial charge in [-0.25, -0.2) is 4.79 Å². The summed E-state index contributed by atoms with van der Waals surface area (Å²) >= 11 is 2.18. The summed E-state index contributed by atoms with van der Waals surface area (Å²) < 4.78 is 23.3. The minimum atomic E-state index is -0.869. The van der Waals surface area contributed by atoms with Gasteiger partial charge in [0.05, 0.1) is 32.2 Å². The van der Waals surface area contributed by atoms with Gasteiger partial charge in [0.1, 0.15) is 0 Å². The van der Waals surface area contributed by atoms with Crippen molar-refractivity contribution >= 4 is 34.5 Å². The van der Waals surface area contributed by atoms with Crippen LogP contribution in [-0.2, 0) is 25.4 Å². The molecule has 2 atom stereocenters. The van der Waals surface area contributed by atoms with E-state index in [1.165, 1.54) is 0 Å². The van der Waals surface area contributed by atoms with Crippen LogP contribution in [-0.4, -0.2) is 30.9 Å². The smallest absolute Gasteiger partial charge is 0.349 e. The fraction of sp³-hybridized carbons (Fsp3) is 0.588. The Morgan fingerprint density at radius 1 is 1.44 bits per heavy atom. The summed E-state index contributed by atoms with van der Waals surface area (Å²) in [6.45, 7) is 5.27. The van der Waals surface area contributed by atoms with E-state index >= 15 is 0 Å². The second-order valence-corrected chi connectivity index (χ2v) is 8.25. The van der Waals surface area contributed by atoms with Crippen molar-refractivity contribution in [3.05, 3.63) is 35.4 Å². The van der Waals surface area contributed by atoms with Crippen LogP contribution in [0.5, 0.6) is 0 Å². The molecule has 25 heavy (non-hydrogen) atoms. The van der Waals surface area contributed by atoms with Crippen molar-refractivity contribution in [1.29, 1.82) is 0 Å². The average Bonchev–Trinajstić information content (AvgIpc) is 2.62. The maximum absolute atomic E-state index is 11.8. The predicted molar refractivity (Wildman–Crippen MR) is 104 cm³/mol. The fourth-order valence-electron chi connectivity index (χ4n) is 2.17. The Bertz CT molecular complexity index is 530. The molecule has 5 nitrogen and oxygen atoms in total. The second kappa shape index (κ2) is 12.1. The first-order valence-corrected chi connectivity index (χ1v) is 12.0. The summed E-state index contributed by atoms with van der Waals surface area (Å²) in [6, 6.07) is 7.72. The molecule has 0 bridgehead atoms. The van der Waals surface area contributed by atoms with Gasteiger partial charge in [0, 0.05) is 23.0 Å². The number of aliphatic hydroxyl groups is 1. The molecule has 1 aromatic carbocycles. The molecule has 0 radical (unpaired) electrons. The minimum Gasteiger partial charge on any atom is -0.396 e. The molecule has 0 aliphatic carbocycles. The molecule has 0 fully saturated rings. The van der Waals surface area contributed by atoms with Crippen LogP contribution < -0.4 is 0 Å². The lowest BCUT2D eigenvalue weighted by Gasteiger charge is -2.22. The Hall–Kier alpha value is -0.340. The summed E-state index contributed by atoms with van der Waals surface area (Å²) in [5.74, 6) is -0.869. The zero-order chi connectivity index (χ0) is 18.7. The zero-order valence-corrected chi connectivity index (χ0v) is 17.6. The Kier molecular flexibility index (Phi) is 11.0. The van der Waals surface area contributed by atoms with Gasteiger partial charge in [-0.15, -0.1) is 0 Å². The Balaban J connectivity index is 2.60. The first-order valence-electron chi connectivity index (χ1n) is 8.02. The highest BCUT2D eigenvalue weighted by Crippen LogP contribution is 2.34. The van der Waals surface area contributed by atoms with E-state index in [9.17, 15) is 14.4 Å². The number of aliphatic hydroxyl groups excluding tert-OH is 1. The van der Waals surface area contributed by atoms with Gasteiger partial charge in [-0.1, -0.05) is 38.1 Å². The molecule has 8 heteroatoms. The van der Waals surface area contributed by atoms with Crippen LogP contribution in [0, 0.1) is 5.41 Å². The number of hydrogen-bond donors (Lipinski definition) is 1. The van der Waals surface area contributed by atoms with Crippen molar-refractivity contribution in [2.75, 3.05) is 19.8 Å². The number of aryl methyl sites for hydroxylation is 1. The van der Waals surface area contributed by atoms with E-state index in [1.54, 1.807) is 0 Å². The molecule has 1 N–H and O–H groups in total. The molecule has 142 valence electrons. The van der Waals surface area contributed by atoms with E-state index in [-0.39, 0.29) is 24.5 Å². The molecule has 0 heterocycles. The van der Waals surface area contributed by atoms with Crippen LogP contribution in [0.15, 0.2) is 24.3 Å². The number of ether oxygens (including phenoxy) is 1. The largest absolute Gasteiger partial charge is 0.396 e. The SMILES string of the molecule is CC(C)(CO)COCCC(OPI)c1cccc(CCC(=O)OF)c1. The third-order valence-corrected chi connectivity index (χ3v) is 4.80. The Morgan fingerprint density at radius 3 is 2.84 bits per heavy atom. The van der Waals surface area contributed by atoms with E-state index in [4.69, 9.17) is 9.26 Å². The molecule has 0 aliphatic heterocycles. The van der Waals surface area contributed by atoms with Crippen molar-refractivity contribution in [1.82, 2.24) is 0 Å². The third kappa shape index (κ3) is 9.24. The normalized spacial score (nSPS) is 13.3. The molecule has 0 saturated carbocycles. The molecule has 1 rings (SSSR count). The maximum atomic E-state index is 11.8. The number of carbonyl (C=O) groups excluding carboxylic acids is 1. The zero-order valence-electron chi connectivity index (χ0n) is 14.5. The Morgan fingerprint density at radius 2 is 2.20 bits per heavy atom. The van der Waals surface area contributed by atoms with E-state index in [1.807, 2.05) is 38.1 Å². The van der Waals surface area contributed by atoms with Crippen LogP contribution in [0.3, 0.4) is 0 Å². The summed E-state index contributed by atoms with van der Waals surface area (Å²) in [7, 11) is 0. The number of hydrogen-bond acceptors (Lipinski definition) is 5. The average molecular weight is 486 g/mol. The van der Waals surface area contributed by atoms with Gasteiger partial charge in [-0.05, 0) is 39.6 Å². The van der Waals surface area contributed by atoms with Crippen LogP contribution in [0.4, 0.5) is 4.53 Å². The molecular formula is C17H25FIO5P. The summed E-state index contributed by atoms with van der Waals surface area (Å²) in [6.07, 6.45) is 0.990. The number of benzene rings is 1. The van der Waals surface area contributed by atoms with Gasteiger partial charge in [0.25, 0.3) is 0 Å². The summed E-state index contributed by atoms with van der Waals surface area (Å²) in [4.78, 5) is 14.1. The van der Waals surface area contributed by atoms with Gasteiger partial charge in [0.15, 0.2) is 0 Å². The molecule has 0 spiro atoms. The van der Waals surface area contributed by atoms with Gasteiger partial charge < -0.3 is 14.4 Å². The maximum Gasteiger partial charge on any atom is 0.349 e. The highest BCUT2D eigenvalue weighted by molar-refractivity contribution is 14.2. The number of carbonyl (C=O) groups is 1. The van der Waals surface area contributed by atoms with Crippen molar-refractivity contribution in [3.8, 4) is 0 Å². The minimum absolute atomic E-state index is 0.00113. The van der Waals surface area contributed by atoms with Gasteiger partial charge >= 0.3 is 5.97 Å². The first kappa shape index (κ1) is 22.7. The summed E-state index contributed by atoms with van der Waals surface area (Å²) in [5.41, 5.74) is 1.67. The van der Waals surface area contributed by atoms with Crippen LogP contribution in [0.1, 0.15) is 43.9 Å². The third-order valence-electron chi connectivity index (χ3n) is 3.66. The standard InChI is InChI=1S/C17H25FIO5P/c1-17(2,11-20)12-22-9-8-15(24-25-19)14-5-3-4-13(10-14)6-7-16(21)23-18/h3-5,10,15,20,25H,6-9,11-12H2,1-2H3. The molecule has 0 saturated heterocycles. The second-order valence-electron chi connectivity index (χ2n) is 6.54. The molecule has 1 aromatic rings. The lowest BCUT2D eigenvalue weighted by molar-refractivity contribution is -0.183. The summed E-state index contributed by atoms with van der Waals surface area (Å²) in [5, 5.41) is 9.24. The van der Waals surface area contributed by atoms with Crippen molar-refractivity contribution in [2.24, 2.45) is 5.41 Å². The molecular weight excluding hydrogens is 461 g/mol. The molecule has 0 aromatic heterocycles. The van der Waals surface area contributed by atoms with Crippen molar-refractivity contribution in [3.63, 3.8) is 0 Å². The molecule has 0 amide bonds. The van der Waals surface area contributed by atoms with Crippen molar-refractivity contribution < 1.29 is 28.6 Å². The van der Waals surface area contributed by atoms with Gasteiger partial charge in [-0.2, -0.15) is 0 Å². The Labute approximate surface area is 162 Å². The predicted octanol–water partition coefficient (Wildman–Crippen LogP) is 4.47. The lowest BCUT2D eigenvalue weighted by atomic mass is 9.96. The quantitative estimate of drug-likeness (QED) is 0.268. The lowest BCUT2D eigenvalue weighted by Crippen LogP contribution is -2.24. The highest BCUT2D eigenvalue weighted by Gasteiger charge is 2.18. The van der Waals surface area contributed by atoms with Crippen LogP contribution in [0.2, 0.25) is 0 Å². The van der Waals surface area contributed by atoms with Crippen LogP contribution in [0.25, 0.3) is 0 Å². The van der Waals surface area contributed by atoms with Gasteiger partial charge in [0.2, 0.25) is 0 Å². The topological polar surface area (TPSA) is 65.0 Å². The van der Waals surface area contributed by atoms with E-state index in [2.05, 4.69) is 27.0 Å². The molecule has 0 aliphatic rings. The monoisotopic (exact) mass is 486 g/mol. The molecule has 2 unspecified atom stereocenters. The van der Waals surface area contributed by atoms with E-state index in [0.29, 0.717) is 32.5 Å². The number of halogens is 2. The van der Waals surface area contributed by atoms with Crippen molar-refractivity contribution in [2.45, 2.75) is 39.2 Å². The fourth-order valence-corrected chi connectivity index (χ4v) is 3.45. The number of rotatable bonds is 12. The highest BCUT2D eigenvalue weighted by atomic mass is 127. The first-order chi connectivity index (χ1) is 11.9. The van der Waals surface area contributed by atoms with E-state index < -0.39 is 5.97 Å². The van der Waals surface area contributed by atoms with Crippen LogP contribution >= 0.6 is 28.5 Å². The van der Waals surface area contributed by atoms with E-state index in [0.717, 1.165) is 11.1 Å². The van der Waals surface area contributed by atoms with Gasteiger partial charge in [-0.3, -0.25) is 4.94 Å².